The lowest BCUT2D eigenvalue weighted by atomic mass is 9.97. The van der Waals surface area contributed by atoms with E-state index in [-0.39, 0.29) is 17.2 Å². The van der Waals surface area contributed by atoms with E-state index >= 15 is 0 Å². The monoisotopic (exact) mass is 575 g/mol. The summed E-state index contributed by atoms with van der Waals surface area (Å²) in [4.78, 5) is 33.9. The van der Waals surface area contributed by atoms with Crippen molar-refractivity contribution < 1.29 is 4.79 Å². The molecule has 36 heavy (non-hydrogen) atoms. The number of aryl methyl sites for hydroxylation is 2. The van der Waals surface area contributed by atoms with E-state index in [2.05, 4.69) is 21.2 Å². The first-order valence-electron chi connectivity index (χ1n) is 11.8. The number of thiophene rings is 1. The largest absolute Gasteiger partial charge is 0.325 e. The Kier molecular flexibility index (Phi) is 6.41. The Hall–Kier alpha value is -2.94. The van der Waals surface area contributed by atoms with Crippen molar-refractivity contribution in [3.8, 4) is 5.69 Å². The molecule has 2 aromatic heterocycles. The van der Waals surface area contributed by atoms with Crippen molar-refractivity contribution in [1.29, 1.82) is 0 Å². The second kappa shape index (κ2) is 9.84. The van der Waals surface area contributed by atoms with Crippen LogP contribution < -0.4 is 10.9 Å². The van der Waals surface area contributed by atoms with Gasteiger partial charge in [-0.3, -0.25) is 14.2 Å². The summed E-state index contributed by atoms with van der Waals surface area (Å²) >= 11 is 6.34. The highest BCUT2D eigenvalue weighted by Gasteiger charge is 2.24. The summed E-state index contributed by atoms with van der Waals surface area (Å²) in [6, 6.07) is 21.5. The molecule has 2 heterocycles. The number of halogens is 1. The minimum absolute atomic E-state index is 0.0495. The molecule has 5 nitrogen and oxygen atoms in total. The Labute approximate surface area is 224 Å². The number of carbonyl (C=O) groups is 1. The Morgan fingerprint density at radius 3 is 2.67 bits per heavy atom. The molecule has 3 aromatic carbocycles. The maximum atomic E-state index is 14.1. The van der Waals surface area contributed by atoms with Crippen LogP contribution in [-0.4, -0.2) is 21.2 Å². The molecule has 0 bridgehead atoms. The minimum atomic E-state index is -0.147. The number of amides is 1. The van der Waals surface area contributed by atoms with E-state index in [9.17, 15) is 9.59 Å². The van der Waals surface area contributed by atoms with Crippen LogP contribution in [0.2, 0.25) is 0 Å². The van der Waals surface area contributed by atoms with Gasteiger partial charge in [0.15, 0.2) is 5.16 Å². The molecular weight excluding hydrogens is 554 g/mol. The molecule has 6 rings (SSSR count). The topological polar surface area (TPSA) is 64.0 Å². The molecule has 0 unspecified atom stereocenters. The van der Waals surface area contributed by atoms with Crippen LogP contribution in [-0.2, 0) is 17.6 Å². The van der Waals surface area contributed by atoms with Crippen molar-refractivity contribution in [3.63, 3.8) is 0 Å². The maximum Gasteiger partial charge on any atom is 0.267 e. The molecule has 1 aliphatic carbocycles. The molecule has 0 fully saturated rings. The number of nitrogens with zero attached hydrogens (tertiary/aromatic N) is 2. The van der Waals surface area contributed by atoms with E-state index in [1.54, 1.807) is 15.9 Å². The summed E-state index contributed by atoms with van der Waals surface area (Å²) in [6.07, 6.45) is 4.17. The van der Waals surface area contributed by atoms with Crippen LogP contribution in [0.4, 0.5) is 5.69 Å². The lowest BCUT2D eigenvalue weighted by molar-refractivity contribution is -0.113. The van der Waals surface area contributed by atoms with Gasteiger partial charge < -0.3 is 5.32 Å². The van der Waals surface area contributed by atoms with Crippen LogP contribution in [0.3, 0.4) is 0 Å². The van der Waals surface area contributed by atoms with Gasteiger partial charge >= 0.3 is 0 Å². The highest BCUT2D eigenvalue weighted by molar-refractivity contribution is 9.10. The number of fused-ring (bicyclic) bond motifs is 4. The average molecular weight is 577 g/mol. The van der Waals surface area contributed by atoms with Crippen molar-refractivity contribution in [2.45, 2.75) is 30.8 Å². The standard InChI is InChI=1S/C28H22BrN3O2S2/c29-18-12-14-19(15-13-18)30-24(33)16-35-28-31-26-25(21-9-3-4-11-23(21)36-26)27(34)32(28)22-10-5-7-17-6-1-2-8-20(17)22/h1-2,5-8,10,12-15H,3-4,9,11,16H2,(H,30,33). The highest BCUT2D eigenvalue weighted by atomic mass is 79.9. The van der Waals surface area contributed by atoms with Crippen molar-refractivity contribution in [3.05, 3.63) is 92.0 Å². The third-order valence-electron chi connectivity index (χ3n) is 6.43. The molecule has 0 aliphatic heterocycles. The molecule has 0 saturated carbocycles. The van der Waals surface area contributed by atoms with E-state index in [0.717, 1.165) is 68.1 Å². The quantitative estimate of drug-likeness (QED) is 0.181. The van der Waals surface area contributed by atoms with Crippen LogP contribution in [0.5, 0.6) is 0 Å². The normalized spacial score (nSPS) is 13.1. The Balaban J connectivity index is 1.45. The van der Waals surface area contributed by atoms with E-state index in [0.29, 0.717) is 5.16 Å². The number of hydrogen-bond donors (Lipinski definition) is 1. The van der Waals surface area contributed by atoms with E-state index in [4.69, 9.17) is 4.98 Å². The second-order valence-corrected chi connectivity index (χ2v) is 11.7. The highest BCUT2D eigenvalue weighted by Crippen LogP contribution is 2.36. The first-order valence-corrected chi connectivity index (χ1v) is 14.4. The molecule has 1 N–H and O–H groups in total. The summed E-state index contributed by atoms with van der Waals surface area (Å²) < 4.78 is 2.66. The fourth-order valence-electron chi connectivity index (χ4n) is 4.76. The Morgan fingerprint density at radius 1 is 1.03 bits per heavy atom. The van der Waals surface area contributed by atoms with Crippen LogP contribution in [0, 0.1) is 0 Å². The fourth-order valence-corrected chi connectivity index (χ4v) is 7.13. The Morgan fingerprint density at radius 2 is 1.81 bits per heavy atom. The fraction of sp³-hybridized carbons (Fsp3) is 0.179. The third kappa shape index (κ3) is 4.38. The average Bonchev–Trinajstić information content (AvgIpc) is 3.27. The first-order chi connectivity index (χ1) is 17.6. The van der Waals surface area contributed by atoms with Gasteiger partial charge in [-0.25, -0.2) is 4.98 Å². The van der Waals surface area contributed by atoms with Crippen LogP contribution in [0.15, 0.2) is 81.2 Å². The van der Waals surface area contributed by atoms with Crippen LogP contribution in [0.25, 0.3) is 26.7 Å². The zero-order chi connectivity index (χ0) is 24.6. The molecule has 0 radical (unpaired) electrons. The number of aromatic nitrogens is 2. The van der Waals surface area contributed by atoms with Crippen molar-refractivity contribution in [1.82, 2.24) is 9.55 Å². The number of rotatable bonds is 5. The zero-order valence-corrected chi connectivity index (χ0v) is 22.5. The van der Waals surface area contributed by atoms with Crippen molar-refractivity contribution in [2.24, 2.45) is 0 Å². The smallest absolute Gasteiger partial charge is 0.267 e. The summed E-state index contributed by atoms with van der Waals surface area (Å²) in [6.45, 7) is 0. The minimum Gasteiger partial charge on any atom is -0.325 e. The predicted octanol–water partition coefficient (Wildman–Crippen LogP) is 6.97. The molecule has 1 amide bonds. The van der Waals surface area contributed by atoms with Crippen molar-refractivity contribution >= 4 is 71.6 Å². The van der Waals surface area contributed by atoms with Gasteiger partial charge in [0, 0.05) is 20.4 Å². The number of hydrogen-bond acceptors (Lipinski definition) is 5. The molecule has 8 heteroatoms. The molecule has 180 valence electrons. The molecule has 5 aromatic rings. The number of carbonyl (C=O) groups excluding carboxylic acids is 1. The van der Waals surface area contributed by atoms with Crippen molar-refractivity contribution in [2.75, 3.05) is 11.1 Å². The van der Waals surface area contributed by atoms with E-state index < -0.39 is 0 Å². The zero-order valence-electron chi connectivity index (χ0n) is 19.3. The maximum absolute atomic E-state index is 14.1. The van der Waals surface area contributed by atoms with Gasteiger partial charge in [-0.05, 0) is 67.0 Å². The summed E-state index contributed by atoms with van der Waals surface area (Å²) in [5.74, 6) is -0.00393. The molecule has 0 atom stereocenters. The van der Waals surface area contributed by atoms with E-state index in [1.165, 1.54) is 16.6 Å². The summed E-state index contributed by atoms with van der Waals surface area (Å²) in [5.41, 5.74) is 2.63. The predicted molar refractivity (Wildman–Crippen MR) is 153 cm³/mol. The van der Waals surface area contributed by atoms with Gasteiger partial charge in [0.05, 0.1) is 16.8 Å². The summed E-state index contributed by atoms with van der Waals surface area (Å²) in [5, 5.41) is 6.24. The first kappa shape index (κ1) is 23.5. The molecule has 1 aliphatic rings. The Bertz CT molecular complexity index is 1670. The third-order valence-corrected chi connectivity index (χ3v) is 9.08. The lowest BCUT2D eigenvalue weighted by Gasteiger charge is -2.15. The number of thioether (sulfide) groups is 1. The number of nitrogens with one attached hydrogen (secondary N) is 1. The van der Waals surface area contributed by atoms with Gasteiger partial charge in [0.25, 0.3) is 5.56 Å². The lowest BCUT2D eigenvalue weighted by Crippen LogP contribution is -2.23. The second-order valence-electron chi connectivity index (χ2n) is 8.77. The van der Waals surface area contributed by atoms with Gasteiger partial charge in [0.2, 0.25) is 5.91 Å². The SMILES string of the molecule is O=C(CSc1nc2sc3c(c2c(=O)n1-c1cccc2ccccc12)CCCC3)Nc1ccc(Br)cc1. The van der Waals surface area contributed by atoms with Gasteiger partial charge in [-0.2, -0.15) is 0 Å². The summed E-state index contributed by atoms with van der Waals surface area (Å²) in [7, 11) is 0. The van der Waals surface area contributed by atoms with Gasteiger partial charge in [-0.1, -0.05) is 64.1 Å². The van der Waals surface area contributed by atoms with Gasteiger partial charge in [0.1, 0.15) is 4.83 Å². The number of benzene rings is 3. The molecule has 0 saturated heterocycles. The van der Waals surface area contributed by atoms with Crippen LogP contribution >= 0.6 is 39.0 Å². The van der Waals surface area contributed by atoms with Gasteiger partial charge in [-0.15, -0.1) is 11.3 Å². The molecular formula is C28H22BrN3O2S2. The number of anilines is 1. The molecule has 0 spiro atoms. The van der Waals surface area contributed by atoms with Crippen LogP contribution in [0.1, 0.15) is 23.3 Å². The van der Waals surface area contributed by atoms with E-state index in [1.807, 2.05) is 66.7 Å².